The van der Waals surface area contributed by atoms with Crippen molar-refractivity contribution in [1.29, 1.82) is 0 Å². The number of amides is 1. The van der Waals surface area contributed by atoms with E-state index >= 15 is 0 Å². The number of nitrogens with one attached hydrogen (secondary N) is 1. The van der Waals surface area contributed by atoms with Gasteiger partial charge in [0, 0.05) is 12.1 Å². The molecule has 2 aliphatic heterocycles. The molecule has 3 rings (SSSR count). The zero-order chi connectivity index (χ0) is 10.3. The maximum atomic E-state index is 11.7. The smallest absolute Gasteiger partial charge is 0.237 e. The average molecular weight is 208 g/mol. The molecule has 1 saturated carbocycles. The van der Waals surface area contributed by atoms with Gasteiger partial charge >= 0.3 is 0 Å². The summed E-state index contributed by atoms with van der Waals surface area (Å²) in [5, 5.41) is 3.13. The van der Waals surface area contributed by atoms with Gasteiger partial charge < -0.3 is 5.32 Å². The topological polar surface area (TPSA) is 32.3 Å². The fourth-order valence-corrected chi connectivity index (χ4v) is 3.75. The zero-order valence-electron chi connectivity index (χ0n) is 9.30. The van der Waals surface area contributed by atoms with E-state index in [0.717, 1.165) is 19.5 Å². The Morgan fingerprint density at radius 3 is 2.80 bits per heavy atom. The lowest BCUT2D eigenvalue weighted by atomic mass is 9.78. The summed E-state index contributed by atoms with van der Waals surface area (Å²) in [7, 11) is 0. The standard InChI is InChI=1S/C12H20N2O/c15-11-10-5-4-8-14(10)12(9-13-11)6-2-1-3-7-12/h10H,1-9H2,(H,13,15)/t10-/m1/s1. The second kappa shape index (κ2) is 3.48. The molecular formula is C12H20N2O. The fraction of sp³-hybridized carbons (Fsp3) is 0.917. The molecular weight excluding hydrogens is 188 g/mol. The van der Waals surface area contributed by atoms with E-state index in [-0.39, 0.29) is 11.9 Å². The first kappa shape index (κ1) is 9.64. The normalized spacial score (nSPS) is 35.2. The molecule has 3 aliphatic rings. The molecule has 1 N–H and O–H groups in total. The van der Waals surface area contributed by atoms with Crippen LogP contribution in [0.15, 0.2) is 0 Å². The van der Waals surface area contributed by atoms with E-state index in [9.17, 15) is 4.79 Å². The minimum absolute atomic E-state index is 0.205. The molecule has 0 radical (unpaired) electrons. The number of carbonyl (C=O) groups excluding carboxylic acids is 1. The van der Waals surface area contributed by atoms with Crippen molar-refractivity contribution < 1.29 is 4.79 Å². The quantitative estimate of drug-likeness (QED) is 0.650. The van der Waals surface area contributed by atoms with Crippen molar-refractivity contribution in [2.75, 3.05) is 13.1 Å². The van der Waals surface area contributed by atoms with Gasteiger partial charge in [0.05, 0.1) is 6.04 Å². The molecule has 0 aromatic rings. The zero-order valence-corrected chi connectivity index (χ0v) is 9.30. The first-order valence-corrected chi connectivity index (χ1v) is 6.36. The van der Waals surface area contributed by atoms with E-state index in [1.54, 1.807) is 0 Å². The number of piperazine rings is 1. The molecule has 3 heteroatoms. The van der Waals surface area contributed by atoms with Gasteiger partial charge in [-0.15, -0.1) is 0 Å². The number of nitrogens with zero attached hydrogens (tertiary/aromatic N) is 1. The molecule has 84 valence electrons. The summed E-state index contributed by atoms with van der Waals surface area (Å²) < 4.78 is 0. The highest BCUT2D eigenvalue weighted by atomic mass is 16.2. The maximum Gasteiger partial charge on any atom is 0.237 e. The van der Waals surface area contributed by atoms with Gasteiger partial charge in [0.2, 0.25) is 5.91 Å². The second-order valence-electron chi connectivity index (χ2n) is 5.35. The molecule has 0 aromatic heterocycles. The van der Waals surface area contributed by atoms with Gasteiger partial charge in [0.25, 0.3) is 0 Å². The summed E-state index contributed by atoms with van der Waals surface area (Å²) in [6.45, 7) is 2.06. The minimum atomic E-state index is 0.205. The predicted octanol–water partition coefficient (Wildman–Crippen LogP) is 1.28. The Morgan fingerprint density at radius 1 is 1.20 bits per heavy atom. The molecule has 1 spiro atoms. The average Bonchev–Trinajstić information content (AvgIpc) is 2.76. The molecule has 2 saturated heterocycles. The Bertz CT molecular complexity index is 271. The van der Waals surface area contributed by atoms with Gasteiger partial charge in [-0.05, 0) is 32.2 Å². The molecule has 3 nitrogen and oxygen atoms in total. The van der Waals surface area contributed by atoms with Crippen LogP contribution in [0.4, 0.5) is 0 Å². The minimum Gasteiger partial charge on any atom is -0.353 e. The predicted molar refractivity (Wildman–Crippen MR) is 58.6 cm³/mol. The summed E-state index contributed by atoms with van der Waals surface area (Å²) in [4.78, 5) is 14.3. The molecule has 1 atom stereocenters. The summed E-state index contributed by atoms with van der Waals surface area (Å²) in [5.41, 5.74) is 0.341. The van der Waals surface area contributed by atoms with Gasteiger partial charge in [-0.25, -0.2) is 0 Å². The number of rotatable bonds is 0. The first-order valence-electron chi connectivity index (χ1n) is 6.36. The molecule has 0 bridgehead atoms. The number of carbonyl (C=O) groups is 1. The molecule has 0 aromatic carbocycles. The Balaban J connectivity index is 1.86. The van der Waals surface area contributed by atoms with Crippen LogP contribution in [0.2, 0.25) is 0 Å². The van der Waals surface area contributed by atoms with Gasteiger partial charge in [-0.3, -0.25) is 9.69 Å². The third kappa shape index (κ3) is 1.40. The van der Waals surface area contributed by atoms with Crippen LogP contribution >= 0.6 is 0 Å². The van der Waals surface area contributed by atoms with Crippen molar-refractivity contribution in [3.8, 4) is 0 Å². The van der Waals surface area contributed by atoms with Gasteiger partial charge in [-0.2, -0.15) is 0 Å². The first-order chi connectivity index (χ1) is 7.32. The van der Waals surface area contributed by atoms with Crippen LogP contribution in [0.1, 0.15) is 44.9 Å². The van der Waals surface area contributed by atoms with Crippen molar-refractivity contribution in [2.24, 2.45) is 0 Å². The van der Waals surface area contributed by atoms with Gasteiger partial charge in [0.15, 0.2) is 0 Å². The van der Waals surface area contributed by atoms with E-state index in [0.29, 0.717) is 5.54 Å². The summed E-state index contributed by atoms with van der Waals surface area (Å²) in [6, 6.07) is 0.205. The second-order valence-corrected chi connectivity index (χ2v) is 5.35. The molecule has 0 unspecified atom stereocenters. The lowest BCUT2D eigenvalue weighted by molar-refractivity contribution is -0.134. The Morgan fingerprint density at radius 2 is 2.00 bits per heavy atom. The van der Waals surface area contributed by atoms with Crippen LogP contribution in [-0.4, -0.2) is 35.5 Å². The summed E-state index contributed by atoms with van der Waals surface area (Å²) >= 11 is 0. The van der Waals surface area contributed by atoms with Crippen molar-refractivity contribution >= 4 is 5.91 Å². The van der Waals surface area contributed by atoms with Crippen molar-refractivity contribution in [3.63, 3.8) is 0 Å². The lowest BCUT2D eigenvalue weighted by Crippen LogP contribution is -2.66. The molecule has 3 fully saturated rings. The maximum absolute atomic E-state index is 11.7. The molecule has 15 heavy (non-hydrogen) atoms. The van der Waals surface area contributed by atoms with Crippen LogP contribution in [0.3, 0.4) is 0 Å². The number of hydrogen-bond donors (Lipinski definition) is 1. The van der Waals surface area contributed by atoms with E-state index in [4.69, 9.17) is 0 Å². The van der Waals surface area contributed by atoms with E-state index in [2.05, 4.69) is 10.2 Å². The van der Waals surface area contributed by atoms with Crippen LogP contribution in [0.5, 0.6) is 0 Å². The summed E-state index contributed by atoms with van der Waals surface area (Å²) in [6.07, 6.45) is 8.95. The van der Waals surface area contributed by atoms with E-state index < -0.39 is 0 Å². The van der Waals surface area contributed by atoms with E-state index in [1.165, 1.54) is 38.5 Å². The Labute approximate surface area is 91.2 Å². The van der Waals surface area contributed by atoms with Crippen LogP contribution in [0.25, 0.3) is 0 Å². The highest BCUT2D eigenvalue weighted by Crippen LogP contribution is 2.39. The Hall–Kier alpha value is -0.570. The Kier molecular flexibility index (Phi) is 2.23. The van der Waals surface area contributed by atoms with Gasteiger partial charge in [0.1, 0.15) is 0 Å². The molecule has 1 aliphatic carbocycles. The SMILES string of the molecule is O=C1NCC2(CCCCC2)N2CCC[C@H]12. The highest BCUT2D eigenvalue weighted by molar-refractivity contribution is 5.83. The third-order valence-electron chi connectivity index (χ3n) is 4.54. The number of hydrogen-bond acceptors (Lipinski definition) is 2. The third-order valence-corrected chi connectivity index (χ3v) is 4.54. The highest BCUT2D eigenvalue weighted by Gasteiger charge is 2.48. The monoisotopic (exact) mass is 208 g/mol. The van der Waals surface area contributed by atoms with Crippen LogP contribution in [-0.2, 0) is 4.79 Å². The van der Waals surface area contributed by atoms with Crippen LogP contribution in [0, 0.1) is 0 Å². The van der Waals surface area contributed by atoms with Crippen molar-refractivity contribution in [2.45, 2.75) is 56.5 Å². The van der Waals surface area contributed by atoms with E-state index in [1.807, 2.05) is 0 Å². The van der Waals surface area contributed by atoms with Crippen molar-refractivity contribution in [1.82, 2.24) is 10.2 Å². The largest absolute Gasteiger partial charge is 0.353 e. The fourth-order valence-electron chi connectivity index (χ4n) is 3.75. The molecule has 2 heterocycles. The van der Waals surface area contributed by atoms with Gasteiger partial charge in [-0.1, -0.05) is 19.3 Å². The van der Waals surface area contributed by atoms with Crippen LogP contribution < -0.4 is 5.32 Å². The lowest BCUT2D eigenvalue weighted by Gasteiger charge is -2.50. The summed E-state index contributed by atoms with van der Waals surface area (Å²) in [5.74, 6) is 0.281. The van der Waals surface area contributed by atoms with Crippen molar-refractivity contribution in [3.05, 3.63) is 0 Å². The number of fused-ring (bicyclic) bond motifs is 2. The molecule has 1 amide bonds.